The molecule has 2 aromatic rings. The fourth-order valence-corrected chi connectivity index (χ4v) is 4.42. The summed E-state index contributed by atoms with van der Waals surface area (Å²) in [5.74, 6) is 1.12. The van der Waals surface area contributed by atoms with Crippen LogP contribution in [-0.4, -0.2) is 17.5 Å². The Balaban J connectivity index is 1.96. The van der Waals surface area contributed by atoms with Crippen LogP contribution in [0.15, 0.2) is 21.4 Å². The van der Waals surface area contributed by atoms with E-state index in [0.29, 0.717) is 35.5 Å². The third-order valence-corrected chi connectivity index (χ3v) is 5.86. The highest BCUT2D eigenvalue weighted by atomic mass is 16.5. The first kappa shape index (κ1) is 20.7. The topological polar surface area (TPSA) is 65.7 Å². The first-order valence-electron chi connectivity index (χ1n) is 11.1. The van der Waals surface area contributed by atoms with Gasteiger partial charge in [-0.15, -0.1) is 0 Å². The lowest BCUT2D eigenvalue weighted by atomic mass is 9.89. The van der Waals surface area contributed by atoms with E-state index in [1.807, 2.05) is 26.0 Å². The van der Waals surface area contributed by atoms with Crippen LogP contribution in [0.5, 0.6) is 11.5 Å². The second-order valence-electron chi connectivity index (χ2n) is 8.89. The van der Waals surface area contributed by atoms with E-state index in [-0.39, 0.29) is 11.9 Å². The molecule has 5 nitrogen and oxygen atoms in total. The smallest absolute Gasteiger partial charge is 0.336 e. The van der Waals surface area contributed by atoms with Crippen molar-refractivity contribution in [2.45, 2.75) is 84.3 Å². The third kappa shape index (κ3) is 3.66. The minimum atomic E-state index is -0.507. The number of hydrogen-bond acceptors (Lipinski definition) is 5. The number of unbranched alkanes of at least 4 members (excludes halogenated alkanes) is 2. The van der Waals surface area contributed by atoms with Gasteiger partial charge in [0.05, 0.1) is 10.9 Å². The maximum absolute atomic E-state index is 13.2. The van der Waals surface area contributed by atoms with E-state index < -0.39 is 11.2 Å². The van der Waals surface area contributed by atoms with Crippen molar-refractivity contribution in [1.82, 2.24) is 0 Å². The Kier molecular flexibility index (Phi) is 5.48. The van der Waals surface area contributed by atoms with Crippen molar-refractivity contribution in [3.05, 3.63) is 39.3 Å². The molecule has 0 saturated carbocycles. The number of rotatable bonds is 6. The minimum absolute atomic E-state index is 0.0272. The molecular formula is C25H30O5. The average Bonchev–Trinajstić information content (AvgIpc) is 2.67. The van der Waals surface area contributed by atoms with Gasteiger partial charge >= 0.3 is 5.63 Å². The molecular weight excluding hydrogens is 380 g/mol. The molecule has 0 saturated heterocycles. The molecule has 0 fully saturated rings. The number of hydrogen-bond donors (Lipinski definition) is 0. The molecule has 1 atom stereocenters. The summed E-state index contributed by atoms with van der Waals surface area (Å²) in [6.07, 6.45) is 9.78. The molecule has 4 rings (SSSR count). The van der Waals surface area contributed by atoms with Crippen LogP contribution >= 0.6 is 0 Å². The number of carbonyl (C=O) groups excluding carboxylic acids is 1. The van der Waals surface area contributed by atoms with Crippen LogP contribution in [0, 0.1) is 0 Å². The molecule has 0 aliphatic carbocycles. The summed E-state index contributed by atoms with van der Waals surface area (Å²) in [5.41, 5.74) is 1.37. The van der Waals surface area contributed by atoms with Crippen LogP contribution in [0.25, 0.3) is 17.0 Å². The number of aryl methyl sites for hydroxylation is 1. The minimum Gasteiger partial charge on any atom is -0.488 e. The fraction of sp³-hybridized carbons (Fsp3) is 0.520. The van der Waals surface area contributed by atoms with Crippen LogP contribution < -0.4 is 15.1 Å². The molecule has 160 valence electrons. The van der Waals surface area contributed by atoms with Crippen molar-refractivity contribution in [3.8, 4) is 11.5 Å². The van der Waals surface area contributed by atoms with Gasteiger partial charge in [0, 0.05) is 12.5 Å². The highest BCUT2D eigenvalue weighted by Gasteiger charge is 2.37. The fourth-order valence-electron chi connectivity index (χ4n) is 4.42. The Hall–Kier alpha value is -2.56. The quantitative estimate of drug-likeness (QED) is 0.442. The Bertz CT molecular complexity index is 1070. The van der Waals surface area contributed by atoms with Gasteiger partial charge in [-0.3, -0.25) is 4.79 Å². The Morgan fingerprint density at radius 2 is 1.90 bits per heavy atom. The summed E-state index contributed by atoms with van der Waals surface area (Å²) in [4.78, 5) is 25.6. The summed E-state index contributed by atoms with van der Waals surface area (Å²) in [6, 6.07) is 1.52. The van der Waals surface area contributed by atoms with Gasteiger partial charge in [0.15, 0.2) is 11.4 Å². The summed E-state index contributed by atoms with van der Waals surface area (Å²) < 4.78 is 18.3. The van der Waals surface area contributed by atoms with Crippen molar-refractivity contribution in [3.63, 3.8) is 0 Å². The molecule has 0 spiro atoms. The standard InChI is InChI=1S/C25H30O5/c1-5-7-8-10-16-14-18(26)21-22(28-16)17-11-12-25(3,4)30-23(17)20-15(9-6-2)13-19(27)29-24(20)21/h11-13,16H,5-10,14H2,1-4H3. The first-order chi connectivity index (χ1) is 14.3. The number of benzene rings is 1. The van der Waals surface area contributed by atoms with Crippen LogP contribution in [0.4, 0.5) is 0 Å². The predicted octanol–water partition coefficient (Wildman–Crippen LogP) is 5.84. The molecule has 1 unspecified atom stereocenters. The largest absolute Gasteiger partial charge is 0.488 e. The van der Waals surface area contributed by atoms with Gasteiger partial charge in [0.25, 0.3) is 0 Å². The zero-order chi connectivity index (χ0) is 21.5. The van der Waals surface area contributed by atoms with Gasteiger partial charge in [-0.1, -0.05) is 33.1 Å². The van der Waals surface area contributed by atoms with Crippen molar-refractivity contribution >= 4 is 22.8 Å². The Morgan fingerprint density at radius 1 is 1.10 bits per heavy atom. The Morgan fingerprint density at radius 3 is 2.63 bits per heavy atom. The van der Waals surface area contributed by atoms with E-state index in [0.717, 1.165) is 48.6 Å². The number of Topliss-reactive ketones (excluding diaryl/α,β-unsaturated/α-hetero) is 1. The number of fused-ring (bicyclic) bond motifs is 6. The SMILES string of the molecule is CCCCCC1CC(=O)c2c(c3c(c4c(CCC)cc(=O)oc24)OC(C)(C)C=C3)O1. The molecule has 1 aromatic carbocycles. The zero-order valence-corrected chi connectivity index (χ0v) is 18.3. The first-order valence-corrected chi connectivity index (χ1v) is 11.1. The summed E-state index contributed by atoms with van der Waals surface area (Å²) in [7, 11) is 0. The molecule has 2 aliphatic rings. The maximum atomic E-state index is 13.2. The molecule has 5 heteroatoms. The zero-order valence-electron chi connectivity index (χ0n) is 18.3. The number of carbonyl (C=O) groups is 1. The van der Waals surface area contributed by atoms with Gasteiger partial charge in [0.1, 0.15) is 28.8 Å². The summed E-state index contributed by atoms with van der Waals surface area (Å²) >= 11 is 0. The lowest BCUT2D eigenvalue weighted by Gasteiger charge is -2.33. The van der Waals surface area contributed by atoms with E-state index >= 15 is 0 Å². The molecule has 1 aromatic heterocycles. The monoisotopic (exact) mass is 410 g/mol. The van der Waals surface area contributed by atoms with E-state index in [4.69, 9.17) is 13.9 Å². The molecule has 0 N–H and O–H groups in total. The highest BCUT2D eigenvalue weighted by Crippen LogP contribution is 2.49. The molecule has 0 radical (unpaired) electrons. The number of ether oxygens (including phenoxy) is 2. The highest BCUT2D eigenvalue weighted by molar-refractivity contribution is 6.13. The van der Waals surface area contributed by atoms with Crippen molar-refractivity contribution in [2.75, 3.05) is 0 Å². The van der Waals surface area contributed by atoms with Crippen molar-refractivity contribution in [1.29, 1.82) is 0 Å². The average molecular weight is 411 g/mol. The van der Waals surface area contributed by atoms with Crippen molar-refractivity contribution < 1.29 is 18.7 Å². The van der Waals surface area contributed by atoms with E-state index in [2.05, 4.69) is 13.8 Å². The van der Waals surface area contributed by atoms with Gasteiger partial charge in [-0.05, 0) is 50.8 Å². The van der Waals surface area contributed by atoms with E-state index in [9.17, 15) is 9.59 Å². The predicted molar refractivity (Wildman–Crippen MR) is 118 cm³/mol. The lowest BCUT2D eigenvalue weighted by Crippen LogP contribution is -2.31. The van der Waals surface area contributed by atoms with Crippen molar-refractivity contribution in [2.24, 2.45) is 0 Å². The molecule has 0 amide bonds. The summed E-state index contributed by atoms with van der Waals surface area (Å²) in [5, 5.41) is 0.726. The molecule has 3 heterocycles. The van der Waals surface area contributed by atoms with Gasteiger partial charge in [-0.2, -0.15) is 0 Å². The van der Waals surface area contributed by atoms with Gasteiger partial charge in [0.2, 0.25) is 0 Å². The van der Waals surface area contributed by atoms with Gasteiger partial charge in [-0.25, -0.2) is 4.79 Å². The maximum Gasteiger partial charge on any atom is 0.336 e. The van der Waals surface area contributed by atoms with Crippen LogP contribution in [0.1, 0.15) is 87.7 Å². The molecule has 0 bridgehead atoms. The second-order valence-corrected chi connectivity index (χ2v) is 8.89. The van der Waals surface area contributed by atoms with E-state index in [1.54, 1.807) is 0 Å². The summed E-state index contributed by atoms with van der Waals surface area (Å²) in [6.45, 7) is 8.18. The Labute approximate surface area is 177 Å². The van der Waals surface area contributed by atoms with Crippen LogP contribution in [0.2, 0.25) is 0 Å². The third-order valence-electron chi connectivity index (χ3n) is 5.86. The lowest BCUT2D eigenvalue weighted by molar-refractivity contribution is 0.0833. The number of ketones is 1. The van der Waals surface area contributed by atoms with Gasteiger partial charge < -0.3 is 13.9 Å². The van der Waals surface area contributed by atoms with Crippen LogP contribution in [-0.2, 0) is 6.42 Å². The normalized spacial score (nSPS) is 19.2. The van der Waals surface area contributed by atoms with Crippen LogP contribution in [0.3, 0.4) is 0 Å². The molecule has 2 aliphatic heterocycles. The molecule has 30 heavy (non-hydrogen) atoms. The van der Waals surface area contributed by atoms with E-state index in [1.165, 1.54) is 6.07 Å². The second kappa shape index (κ2) is 7.93.